The number of rotatable bonds is 1. The molecule has 1 aromatic carbocycles. The summed E-state index contributed by atoms with van der Waals surface area (Å²) in [6, 6.07) is 4.62. The first kappa shape index (κ1) is 11.7. The SMILES string of the molecule is O=S(=O)(O)c1ccccc1F.[LiH]. The Morgan fingerprint density at radius 1 is 1.25 bits per heavy atom. The molecule has 12 heavy (non-hydrogen) atoms. The van der Waals surface area contributed by atoms with Crippen LogP contribution in [0.3, 0.4) is 0 Å². The molecule has 1 N–H and O–H groups in total. The van der Waals surface area contributed by atoms with Gasteiger partial charge in [0.05, 0.1) is 0 Å². The summed E-state index contributed by atoms with van der Waals surface area (Å²) in [6.07, 6.45) is 0. The summed E-state index contributed by atoms with van der Waals surface area (Å²) in [4.78, 5) is -0.694. The second-order valence-corrected chi connectivity index (χ2v) is 3.30. The van der Waals surface area contributed by atoms with Crippen molar-refractivity contribution < 1.29 is 17.4 Å². The molecule has 0 fully saturated rings. The van der Waals surface area contributed by atoms with Crippen molar-refractivity contribution in [2.75, 3.05) is 0 Å². The Bertz CT molecular complexity index is 363. The fourth-order valence-corrected chi connectivity index (χ4v) is 1.22. The number of halogens is 1. The molecule has 1 aromatic rings. The van der Waals surface area contributed by atoms with E-state index in [4.69, 9.17) is 4.55 Å². The van der Waals surface area contributed by atoms with E-state index in [9.17, 15) is 12.8 Å². The van der Waals surface area contributed by atoms with Crippen LogP contribution in [0.4, 0.5) is 4.39 Å². The first-order valence-corrected chi connectivity index (χ1v) is 4.18. The van der Waals surface area contributed by atoms with E-state index >= 15 is 0 Å². The van der Waals surface area contributed by atoms with Crippen LogP contribution in [0.5, 0.6) is 0 Å². The van der Waals surface area contributed by atoms with E-state index in [0.29, 0.717) is 0 Å². The Kier molecular flexibility index (Phi) is 3.94. The van der Waals surface area contributed by atoms with Crippen molar-refractivity contribution in [2.45, 2.75) is 4.90 Å². The fourth-order valence-electron chi connectivity index (χ4n) is 0.654. The summed E-state index contributed by atoms with van der Waals surface area (Å²) in [7, 11) is -4.41. The predicted octanol–water partition coefficient (Wildman–Crippen LogP) is 0.424. The van der Waals surface area contributed by atoms with Crippen LogP contribution < -0.4 is 0 Å². The van der Waals surface area contributed by atoms with Crippen molar-refractivity contribution in [2.24, 2.45) is 0 Å². The molecule has 0 atom stereocenters. The molecule has 0 saturated heterocycles. The molecule has 0 aromatic heterocycles. The zero-order chi connectivity index (χ0) is 8.48. The van der Waals surface area contributed by atoms with Crippen LogP contribution in [-0.4, -0.2) is 31.8 Å². The van der Waals surface area contributed by atoms with Crippen molar-refractivity contribution in [1.82, 2.24) is 0 Å². The summed E-state index contributed by atoms with van der Waals surface area (Å²) < 4.78 is 41.7. The third-order valence-corrected chi connectivity index (χ3v) is 2.00. The van der Waals surface area contributed by atoms with E-state index in [-0.39, 0.29) is 18.9 Å². The van der Waals surface area contributed by atoms with Gasteiger partial charge in [0.1, 0.15) is 10.7 Å². The first-order chi connectivity index (χ1) is 5.02. The van der Waals surface area contributed by atoms with Gasteiger partial charge in [0.15, 0.2) is 0 Å². The van der Waals surface area contributed by atoms with Crippen molar-refractivity contribution in [3.05, 3.63) is 30.1 Å². The van der Waals surface area contributed by atoms with E-state index in [2.05, 4.69) is 0 Å². The number of hydrogen-bond donors (Lipinski definition) is 1. The Morgan fingerprint density at radius 3 is 2.08 bits per heavy atom. The summed E-state index contributed by atoms with van der Waals surface area (Å²) in [5, 5.41) is 0. The molecular formula is C6H6FLiO3S. The second-order valence-electron chi connectivity index (χ2n) is 1.91. The van der Waals surface area contributed by atoms with E-state index < -0.39 is 20.8 Å². The second kappa shape index (κ2) is 4.05. The summed E-state index contributed by atoms with van der Waals surface area (Å²) in [6.45, 7) is 0. The molecule has 0 spiro atoms. The van der Waals surface area contributed by atoms with Crippen LogP contribution in [0.2, 0.25) is 0 Å². The van der Waals surface area contributed by atoms with E-state index in [1.54, 1.807) is 0 Å². The van der Waals surface area contributed by atoms with Crippen LogP contribution in [0.25, 0.3) is 0 Å². The van der Waals surface area contributed by atoms with Gasteiger partial charge in [-0.05, 0) is 12.1 Å². The van der Waals surface area contributed by atoms with Gasteiger partial charge in [-0.25, -0.2) is 4.39 Å². The molecule has 0 aliphatic carbocycles. The van der Waals surface area contributed by atoms with Gasteiger partial charge in [-0.2, -0.15) is 8.42 Å². The number of benzene rings is 1. The van der Waals surface area contributed by atoms with Crippen molar-refractivity contribution in [1.29, 1.82) is 0 Å². The van der Waals surface area contributed by atoms with E-state index in [0.717, 1.165) is 12.1 Å². The molecule has 0 heterocycles. The van der Waals surface area contributed by atoms with E-state index in [1.807, 2.05) is 0 Å². The molecule has 0 saturated carbocycles. The van der Waals surface area contributed by atoms with Crippen LogP contribution in [0.1, 0.15) is 0 Å². The molecule has 0 radical (unpaired) electrons. The van der Waals surface area contributed by atoms with Gasteiger partial charge in [0.25, 0.3) is 10.1 Å². The van der Waals surface area contributed by atoms with Crippen LogP contribution in [0, 0.1) is 5.82 Å². The molecule has 3 nitrogen and oxygen atoms in total. The average molecular weight is 184 g/mol. The topological polar surface area (TPSA) is 54.4 Å². The van der Waals surface area contributed by atoms with Crippen molar-refractivity contribution in [3.63, 3.8) is 0 Å². The molecule has 62 valence electrons. The molecule has 0 amide bonds. The zero-order valence-electron chi connectivity index (χ0n) is 5.36. The predicted molar refractivity (Wildman–Crippen MR) is 43.4 cm³/mol. The normalized spacial score (nSPS) is 10.5. The molecule has 0 aliphatic rings. The third-order valence-electron chi connectivity index (χ3n) is 1.11. The quantitative estimate of drug-likeness (QED) is 0.508. The van der Waals surface area contributed by atoms with Crippen LogP contribution in [0.15, 0.2) is 29.2 Å². The molecular weight excluding hydrogens is 178 g/mol. The molecule has 0 aliphatic heterocycles. The minimum absolute atomic E-state index is 0. The average Bonchev–Trinajstić information content (AvgIpc) is 1.86. The van der Waals surface area contributed by atoms with Gasteiger partial charge < -0.3 is 0 Å². The van der Waals surface area contributed by atoms with Gasteiger partial charge in [-0.1, -0.05) is 12.1 Å². The molecule has 0 bridgehead atoms. The third kappa shape index (κ3) is 2.61. The Morgan fingerprint density at radius 2 is 1.75 bits per heavy atom. The summed E-state index contributed by atoms with van der Waals surface area (Å²) in [5.41, 5.74) is 0. The monoisotopic (exact) mass is 184 g/mol. The van der Waals surface area contributed by atoms with Gasteiger partial charge in [-0.15, -0.1) is 0 Å². The first-order valence-electron chi connectivity index (χ1n) is 2.74. The summed E-state index contributed by atoms with van der Waals surface area (Å²) >= 11 is 0. The summed E-state index contributed by atoms with van der Waals surface area (Å²) in [5.74, 6) is -0.949. The zero-order valence-corrected chi connectivity index (χ0v) is 6.18. The number of hydrogen-bond acceptors (Lipinski definition) is 2. The maximum atomic E-state index is 12.5. The van der Waals surface area contributed by atoms with Crippen LogP contribution >= 0.6 is 0 Å². The van der Waals surface area contributed by atoms with Crippen molar-refractivity contribution >= 4 is 29.0 Å². The van der Waals surface area contributed by atoms with Gasteiger partial charge in [0, 0.05) is 0 Å². The van der Waals surface area contributed by atoms with Gasteiger partial charge in [0.2, 0.25) is 0 Å². The Labute approximate surface area is 81.5 Å². The standard InChI is InChI=1S/C6H5FO3S.Li.H/c7-5-3-1-2-4-6(5)11(8,9)10;;/h1-4H,(H,8,9,10);;. The fraction of sp³-hybridized carbons (Fsp3) is 0. The van der Waals surface area contributed by atoms with E-state index in [1.165, 1.54) is 12.1 Å². The Balaban J connectivity index is 0.00000121. The van der Waals surface area contributed by atoms with Crippen LogP contribution in [-0.2, 0) is 10.1 Å². The van der Waals surface area contributed by atoms with Gasteiger partial charge in [-0.3, -0.25) is 4.55 Å². The maximum absolute atomic E-state index is 12.5. The molecule has 1 rings (SSSR count). The minimum atomic E-state index is -4.41. The van der Waals surface area contributed by atoms with Crippen molar-refractivity contribution in [3.8, 4) is 0 Å². The van der Waals surface area contributed by atoms with Gasteiger partial charge >= 0.3 is 18.9 Å². The molecule has 0 unspecified atom stereocenters. The molecule has 6 heteroatoms. The Hall–Kier alpha value is -0.343.